The molecule has 1 aromatic rings. The first kappa shape index (κ1) is 11.9. The summed E-state index contributed by atoms with van der Waals surface area (Å²) in [5, 5.41) is 10.6. The molecule has 0 aromatic heterocycles. The molecule has 1 saturated heterocycles. The molecule has 0 spiro atoms. The van der Waals surface area contributed by atoms with Crippen LogP contribution in [0.3, 0.4) is 0 Å². The van der Waals surface area contributed by atoms with Crippen LogP contribution in [0.15, 0.2) is 22.7 Å². The third-order valence-electron chi connectivity index (χ3n) is 3.59. The smallest absolute Gasteiger partial charge is 0.229 e. The van der Waals surface area contributed by atoms with Crippen LogP contribution in [0.1, 0.15) is 36.0 Å². The Balaban J connectivity index is 2.22. The van der Waals surface area contributed by atoms with E-state index < -0.39 is 5.72 Å². The highest BCUT2D eigenvalue weighted by atomic mass is 79.9. The van der Waals surface area contributed by atoms with Crippen molar-refractivity contribution in [2.24, 2.45) is 0 Å². The average Bonchev–Trinajstić information content (AvgIpc) is 2.45. The predicted octanol–water partition coefficient (Wildman–Crippen LogP) is 2.24. The van der Waals surface area contributed by atoms with Crippen molar-refractivity contribution in [2.75, 3.05) is 4.90 Å². The van der Waals surface area contributed by atoms with Crippen LogP contribution in [0.25, 0.3) is 0 Å². The molecule has 18 heavy (non-hydrogen) atoms. The van der Waals surface area contributed by atoms with E-state index in [2.05, 4.69) is 15.9 Å². The highest BCUT2D eigenvalue weighted by molar-refractivity contribution is 9.10. The number of ketones is 1. The van der Waals surface area contributed by atoms with Crippen LogP contribution in [0.5, 0.6) is 0 Å². The van der Waals surface area contributed by atoms with Gasteiger partial charge in [-0.15, -0.1) is 0 Å². The number of benzene rings is 1. The van der Waals surface area contributed by atoms with Crippen molar-refractivity contribution in [3.8, 4) is 0 Å². The number of carbonyl (C=O) groups excluding carboxylic acids is 2. The first-order chi connectivity index (χ1) is 8.54. The van der Waals surface area contributed by atoms with Crippen molar-refractivity contribution >= 4 is 33.3 Å². The summed E-state index contributed by atoms with van der Waals surface area (Å²) in [5.74, 6) is -0.541. The summed E-state index contributed by atoms with van der Waals surface area (Å²) in [4.78, 5) is 25.7. The van der Waals surface area contributed by atoms with Gasteiger partial charge in [-0.1, -0.05) is 15.9 Å². The van der Waals surface area contributed by atoms with Crippen LogP contribution in [-0.2, 0) is 4.79 Å². The van der Waals surface area contributed by atoms with Crippen LogP contribution >= 0.6 is 15.9 Å². The molecule has 1 amide bonds. The summed E-state index contributed by atoms with van der Waals surface area (Å²) in [6.07, 6.45) is 2.08. The Kier molecular flexibility index (Phi) is 2.57. The zero-order valence-corrected chi connectivity index (χ0v) is 11.2. The molecule has 0 bridgehead atoms. The number of halogens is 1. The summed E-state index contributed by atoms with van der Waals surface area (Å²) in [5.41, 5.74) is -0.726. The summed E-state index contributed by atoms with van der Waals surface area (Å²) in [6, 6.07) is 5.12. The van der Waals surface area contributed by atoms with E-state index in [-0.39, 0.29) is 11.7 Å². The Hall–Kier alpha value is -1.20. The minimum absolute atomic E-state index is 0.180. The topological polar surface area (TPSA) is 57.6 Å². The van der Waals surface area contributed by atoms with Crippen molar-refractivity contribution in [1.29, 1.82) is 0 Å². The molecule has 1 fully saturated rings. The highest BCUT2D eigenvalue weighted by Crippen LogP contribution is 2.43. The standard InChI is InChI=1S/C13H12BrNO3/c14-8-4-5-9-10(7-8)15-11(16)3-1-2-6-13(15,18)12(9)17/h4-5,7,18H,1-3,6H2. The van der Waals surface area contributed by atoms with E-state index in [0.29, 0.717) is 36.9 Å². The lowest BCUT2D eigenvalue weighted by atomic mass is 10.0. The quantitative estimate of drug-likeness (QED) is 0.799. The van der Waals surface area contributed by atoms with Gasteiger partial charge in [0.05, 0.1) is 5.69 Å². The molecule has 0 saturated carbocycles. The van der Waals surface area contributed by atoms with Crippen molar-refractivity contribution in [3.05, 3.63) is 28.2 Å². The Morgan fingerprint density at radius 3 is 2.83 bits per heavy atom. The number of rotatable bonds is 0. The molecule has 0 radical (unpaired) electrons. The molecule has 1 unspecified atom stereocenters. The predicted molar refractivity (Wildman–Crippen MR) is 69.4 cm³/mol. The molecule has 94 valence electrons. The SMILES string of the molecule is O=C1CCCCC2(O)C(=O)c3ccc(Br)cc3N12. The number of anilines is 1. The van der Waals surface area contributed by atoms with Gasteiger partial charge in [0.25, 0.3) is 0 Å². The fourth-order valence-corrected chi connectivity index (χ4v) is 3.07. The number of aliphatic hydroxyl groups is 1. The number of hydrogen-bond acceptors (Lipinski definition) is 3. The summed E-state index contributed by atoms with van der Waals surface area (Å²) in [6.45, 7) is 0. The first-order valence-electron chi connectivity index (χ1n) is 5.94. The molecule has 0 aliphatic carbocycles. The molecule has 3 rings (SSSR count). The minimum atomic E-state index is -1.67. The lowest BCUT2D eigenvalue weighted by Gasteiger charge is -2.30. The lowest BCUT2D eigenvalue weighted by Crippen LogP contribution is -2.52. The molecule has 4 nitrogen and oxygen atoms in total. The zero-order chi connectivity index (χ0) is 12.9. The number of carbonyl (C=O) groups is 2. The van der Waals surface area contributed by atoms with Gasteiger partial charge in [0.15, 0.2) is 0 Å². The Bertz CT molecular complexity index is 557. The van der Waals surface area contributed by atoms with Crippen molar-refractivity contribution < 1.29 is 14.7 Å². The fraction of sp³-hybridized carbons (Fsp3) is 0.385. The molecular formula is C13H12BrNO3. The second-order valence-corrected chi connectivity index (χ2v) is 5.66. The molecular weight excluding hydrogens is 298 g/mol. The van der Waals surface area contributed by atoms with Gasteiger partial charge in [0.1, 0.15) is 0 Å². The van der Waals surface area contributed by atoms with Crippen LogP contribution in [0.2, 0.25) is 0 Å². The Labute approximate surface area is 113 Å². The van der Waals surface area contributed by atoms with E-state index in [4.69, 9.17) is 0 Å². The van der Waals surface area contributed by atoms with E-state index in [1.807, 2.05) is 0 Å². The first-order valence-corrected chi connectivity index (χ1v) is 6.73. The van der Waals surface area contributed by atoms with E-state index in [9.17, 15) is 14.7 Å². The minimum Gasteiger partial charge on any atom is -0.364 e. The van der Waals surface area contributed by atoms with E-state index in [1.165, 1.54) is 4.90 Å². The molecule has 2 aliphatic rings. The van der Waals surface area contributed by atoms with Crippen LogP contribution < -0.4 is 4.90 Å². The summed E-state index contributed by atoms with van der Waals surface area (Å²) < 4.78 is 0.787. The van der Waals surface area contributed by atoms with Gasteiger partial charge in [-0.3, -0.25) is 14.5 Å². The summed E-state index contributed by atoms with van der Waals surface area (Å²) >= 11 is 3.33. The number of fused-ring (bicyclic) bond motifs is 3. The molecule has 2 heterocycles. The highest BCUT2D eigenvalue weighted by Gasteiger charge is 2.53. The number of nitrogens with zero attached hydrogens (tertiary/aromatic N) is 1. The fourth-order valence-electron chi connectivity index (χ4n) is 2.72. The monoisotopic (exact) mass is 309 g/mol. The van der Waals surface area contributed by atoms with Crippen LogP contribution in [-0.4, -0.2) is 22.5 Å². The van der Waals surface area contributed by atoms with Gasteiger partial charge < -0.3 is 5.11 Å². The second-order valence-electron chi connectivity index (χ2n) is 4.74. The lowest BCUT2D eigenvalue weighted by molar-refractivity contribution is -0.121. The van der Waals surface area contributed by atoms with Gasteiger partial charge in [-0.05, 0) is 31.0 Å². The molecule has 5 heteroatoms. The third kappa shape index (κ3) is 1.47. The van der Waals surface area contributed by atoms with Crippen LogP contribution in [0.4, 0.5) is 5.69 Å². The maximum absolute atomic E-state index is 12.3. The van der Waals surface area contributed by atoms with Crippen molar-refractivity contribution in [1.82, 2.24) is 0 Å². The Morgan fingerprint density at radius 1 is 1.28 bits per heavy atom. The van der Waals surface area contributed by atoms with E-state index in [0.717, 1.165) is 4.47 Å². The largest absolute Gasteiger partial charge is 0.364 e. The maximum atomic E-state index is 12.3. The third-order valence-corrected chi connectivity index (χ3v) is 4.09. The van der Waals surface area contributed by atoms with Crippen molar-refractivity contribution in [3.63, 3.8) is 0 Å². The summed E-state index contributed by atoms with van der Waals surface area (Å²) in [7, 11) is 0. The van der Waals surface area contributed by atoms with Gasteiger partial charge in [-0.25, -0.2) is 0 Å². The zero-order valence-electron chi connectivity index (χ0n) is 9.65. The number of amides is 1. The van der Waals surface area contributed by atoms with Crippen molar-refractivity contribution in [2.45, 2.75) is 31.4 Å². The van der Waals surface area contributed by atoms with Crippen LogP contribution in [0, 0.1) is 0 Å². The molecule has 1 atom stereocenters. The van der Waals surface area contributed by atoms with Gasteiger partial charge in [0, 0.05) is 22.9 Å². The van der Waals surface area contributed by atoms with Gasteiger partial charge >= 0.3 is 0 Å². The maximum Gasteiger partial charge on any atom is 0.229 e. The Morgan fingerprint density at radius 2 is 2.06 bits per heavy atom. The molecule has 1 aromatic carbocycles. The average molecular weight is 310 g/mol. The number of Topliss-reactive ketones (excluding diaryl/α,β-unsaturated/α-hetero) is 1. The normalized spacial score (nSPS) is 26.9. The van der Waals surface area contributed by atoms with Gasteiger partial charge in [-0.2, -0.15) is 0 Å². The van der Waals surface area contributed by atoms with Gasteiger partial charge in [0.2, 0.25) is 17.4 Å². The van der Waals surface area contributed by atoms with E-state index >= 15 is 0 Å². The molecule has 1 N–H and O–H groups in total. The second kappa shape index (κ2) is 3.90. The van der Waals surface area contributed by atoms with E-state index in [1.54, 1.807) is 18.2 Å². The number of hydrogen-bond donors (Lipinski definition) is 1. The molecule has 2 aliphatic heterocycles.